The van der Waals surface area contributed by atoms with E-state index in [1.54, 1.807) is 6.07 Å². The van der Waals surface area contributed by atoms with Crippen LogP contribution in [-0.2, 0) is 6.61 Å². The van der Waals surface area contributed by atoms with Crippen LogP contribution in [0.15, 0.2) is 60.7 Å². The lowest BCUT2D eigenvalue weighted by Gasteiger charge is -2.08. The number of rotatable bonds is 4. The summed E-state index contributed by atoms with van der Waals surface area (Å²) in [6.07, 6.45) is 3.81. The van der Waals surface area contributed by atoms with Crippen molar-refractivity contribution in [2.75, 3.05) is 0 Å². The van der Waals surface area contributed by atoms with E-state index >= 15 is 0 Å². The molecule has 26 heavy (non-hydrogen) atoms. The molecule has 2 nitrogen and oxygen atoms in total. The Balaban J connectivity index is 2.03. The summed E-state index contributed by atoms with van der Waals surface area (Å²) < 4.78 is 0. The minimum Gasteiger partial charge on any atom is -0.392 e. The molecule has 0 aliphatic rings. The first-order valence-corrected chi connectivity index (χ1v) is 8.68. The molecule has 0 saturated carbocycles. The highest BCUT2D eigenvalue weighted by Crippen LogP contribution is 2.28. The van der Waals surface area contributed by atoms with Gasteiger partial charge in [0.05, 0.1) is 12.2 Å². The van der Waals surface area contributed by atoms with Crippen LogP contribution in [0.1, 0.15) is 27.8 Å². The molecular formula is C23H18ClNO. The Morgan fingerprint density at radius 2 is 1.73 bits per heavy atom. The summed E-state index contributed by atoms with van der Waals surface area (Å²) >= 11 is 6.32. The molecule has 0 radical (unpaired) electrons. The maximum Gasteiger partial charge on any atom is 0.100 e. The lowest BCUT2D eigenvalue weighted by atomic mass is 9.95. The molecule has 3 aromatic carbocycles. The van der Waals surface area contributed by atoms with Gasteiger partial charge in [0, 0.05) is 10.6 Å². The molecule has 0 spiro atoms. The van der Waals surface area contributed by atoms with Crippen LogP contribution in [0.3, 0.4) is 0 Å². The predicted molar refractivity (Wildman–Crippen MR) is 108 cm³/mol. The van der Waals surface area contributed by atoms with Gasteiger partial charge in [-0.05, 0) is 40.8 Å². The number of benzene rings is 3. The number of nitriles is 1. The molecule has 0 aliphatic carbocycles. The van der Waals surface area contributed by atoms with Crippen LogP contribution in [0, 0.1) is 18.3 Å². The average molecular weight is 360 g/mol. The van der Waals surface area contributed by atoms with Crippen molar-refractivity contribution >= 4 is 23.8 Å². The summed E-state index contributed by atoms with van der Waals surface area (Å²) in [6, 6.07) is 21.8. The van der Waals surface area contributed by atoms with E-state index in [9.17, 15) is 10.4 Å². The third-order valence-electron chi connectivity index (χ3n) is 4.36. The van der Waals surface area contributed by atoms with Gasteiger partial charge in [-0.1, -0.05) is 78.4 Å². The Morgan fingerprint density at radius 1 is 1.00 bits per heavy atom. The van der Waals surface area contributed by atoms with Crippen molar-refractivity contribution < 1.29 is 5.11 Å². The number of hydrogen-bond acceptors (Lipinski definition) is 2. The summed E-state index contributed by atoms with van der Waals surface area (Å²) in [5.41, 5.74) is 6.05. The minimum atomic E-state index is -0.0345. The van der Waals surface area contributed by atoms with Crippen molar-refractivity contribution in [1.82, 2.24) is 0 Å². The molecular weight excluding hydrogens is 342 g/mol. The van der Waals surface area contributed by atoms with Crippen LogP contribution in [-0.4, -0.2) is 5.11 Å². The van der Waals surface area contributed by atoms with Gasteiger partial charge in [-0.25, -0.2) is 0 Å². The minimum absolute atomic E-state index is 0.0345. The van der Waals surface area contributed by atoms with E-state index in [2.05, 4.69) is 6.07 Å². The molecule has 0 aromatic heterocycles. The zero-order valence-electron chi connectivity index (χ0n) is 14.4. The molecule has 0 unspecified atom stereocenters. The molecule has 0 heterocycles. The van der Waals surface area contributed by atoms with Gasteiger partial charge in [-0.15, -0.1) is 0 Å². The summed E-state index contributed by atoms with van der Waals surface area (Å²) in [5, 5.41) is 19.6. The average Bonchev–Trinajstić information content (AvgIpc) is 2.68. The standard InChI is InChI=1S/C23H18ClNO/c1-16-12-19(23(24)13-20(16)15-26)11-10-18-8-5-9-21(22(18)14-25)17-6-3-2-4-7-17/h2-13,26H,15H2,1H3/b11-10+. The van der Waals surface area contributed by atoms with Crippen molar-refractivity contribution in [3.8, 4) is 17.2 Å². The summed E-state index contributed by atoms with van der Waals surface area (Å²) in [7, 11) is 0. The third kappa shape index (κ3) is 3.70. The second kappa shape index (κ2) is 8.01. The third-order valence-corrected chi connectivity index (χ3v) is 4.69. The van der Waals surface area contributed by atoms with Gasteiger partial charge in [0.2, 0.25) is 0 Å². The zero-order chi connectivity index (χ0) is 18.5. The number of aliphatic hydroxyl groups excluding tert-OH is 1. The Labute approximate surface area is 158 Å². The van der Waals surface area contributed by atoms with E-state index in [1.807, 2.05) is 73.7 Å². The predicted octanol–water partition coefficient (Wildman–Crippen LogP) is 5.85. The van der Waals surface area contributed by atoms with Gasteiger partial charge in [-0.2, -0.15) is 5.26 Å². The zero-order valence-corrected chi connectivity index (χ0v) is 15.2. The largest absolute Gasteiger partial charge is 0.392 e. The maximum absolute atomic E-state index is 9.69. The van der Waals surface area contributed by atoms with E-state index < -0.39 is 0 Å². The van der Waals surface area contributed by atoms with Gasteiger partial charge < -0.3 is 5.11 Å². The van der Waals surface area contributed by atoms with Crippen molar-refractivity contribution in [3.05, 3.63) is 93.5 Å². The lowest BCUT2D eigenvalue weighted by molar-refractivity contribution is 0.281. The number of aryl methyl sites for hydroxylation is 1. The fraction of sp³-hybridized carbons (Fsp3) is 0.0870. The summed E-state index contributed by atoms with van der Waals surface area (Å²) in [5.74, 6) is 0. The first-order chi connectivity index (χ1) is 12.6. The Morgan fingerprint density at radius 3 is 2.42 bits per heavy atom. The normalized spacial score (nSPS) is 10.8. The molecule has 3 rings (SSSR count). The molecule has 3 heteroatoms. The van der Waals surface area contributed by atoms with Crippen LogP contribution in [0.5, 0.6) is 0 Å². The molecule has 0 saturated heterocycles. The van der Waals surface area contributed by atoms with Gasteiger partial charge in [-0.3, -0.25) is 0 Å². The highest BCUT2D eigenvalue weighted by atomic mass is 35.5. The first kappa shape index (κ1) is 17.9. The molecule has 0 amide bonds. The quantitative estimate of drug-likeness (QED) is 0.594. The first-order valence-electron chi connectivity index (χ1n) is 8.30. The van der Waals surface area contributed by atoms with Gasteiger partial charge in [0.1, 0.15) is 6.07 Å². The van der Waals surface area contributed by atoms with Gasteiger partial charge in [0.15, 0.2) is 0 Å². The van der Waals surface area contributed by atoms with Crippen molar-refractivity contribution in [1.29, 1.82) is 5.26 Å². The molecule has 1 N–H and O–H groups in total. The van der Waals surface area contributed by atoms with Crippen LogP contribution in [0.2, 0.25) is 5.02 Å². The molecule has 3 aromatic rings. The van der Waals surface area contributed by atoms with Crippen LogP contribution in [0.4, 0.5) is 0 Å². The van der Waals surface area contributed by atoms with Crippen LogP contribution < -0.4 is 0 Å². The molecule has 0 aliphatic heterocycles. The maximum atomic E-state index is 9.69. The van der Waals surface area contributed by atoms with Crippen LogP contribution in [0.25, 0.3) is 23.3 Å². The Kier molecular flexibility index (Phi) is 5.53. The van der Waals surface area contributed by atoms with E-state index in [4.69, 9.17) is 11.6 Å². The number of halogens is 1. The monoisotopic (exact) mass is 359 g/mol. The fourth-order valence-electron chi connectivity index (χ4n) is 2.91. The number of hydrogen-bond donors (Lipinski definition) is 1. The second-order valence-corrected chi connectivity index (χ2v) is 6.45. The second-order valence-electron chi connectivity index (χ2n) is 6.04. The topological polar surface area (TPSA) is 44.0 Å². The van der Waals surface area contributed by atoms with Crippen LogP contribution >= 0.6 is 11.6 Å². The highest BCUT2D eigenvalue weighted by molar-refractivity contribution is 6.32. The summed E-state index contributed by atoms with van der Waals surface area (Å²) in [4.78, 5) is 0. The van der Waals surface area contributed by atoms with Crippen molar-refractivity contribution in [3.63, 3.8) is 0 Å². The van der Waals surface area contributed by atoms with E-state index in [1.165, 1.54) is 0 Å². The van der Waals surface area contributed by atoms with E-state index in [-0.39, 0.29) is 6.61 Å². The van der Waals surface area contributed by atoms with Gasteiger partial charge >= 0.3 is 0 Å². The molecule has 0 fully saturated rings. The fourth-order valence-corrected chi connectivity index (χ4v) is 3.16. The SMILES string of the molecule is Cc1cc(/C=C/c2cccc(-c3ccccc3)c2C#N)c(Cl)cc1CO. The van der Waals surface area contributed by atoms with E-state index in [0.29, 0.717) is 10.6 Å². The molecule has 0 atom stereocenters. The molecule has 0 bridgehead atoms. The van der Waals surface area contributed by atoms with Crippen molar-refractivity contribution in [2.45, 2.75) is 13.5 Å². The Bertz CT molecular complexity index is 1000. The number of nitrogens with zero attached hydrogens (tertiary/aromatic N) is 1. The Hall–Kier alpha value is -2.86. The number of aliphatic hydroxyl groups is 1. The van der Waals surface area contributed by atoms with E-state index in [0.717, 1.165) is 33.4 Å². The molecule has 128 valence electrons. The van der Waals surface area contributed by atoms with Gasteiger partial charge in [0.25, 0.3) is 0 Å². The lowest BCUT2D eigenvalue weighted by Crippen LogP contribution is -1.91. The smallest absolute Gasteiger partial charge is 0.100 e. The van der Waals surface area contributed by atoms with Crippen molar-refractivity contribution in [2.24, 2.45) is 0 Å². The summed E-state index contributed by atoms with van der Waals surface area (Å²) in [6.45, 7) is 1.91. The highest BCUT2D eigenvalue weighted by Gasteiger charge is 2.08.